The van der Waals surface area contributed by atoms with Gasteiger partial charge in [0.15, 0.2) is 5.76 Å². The van der Waals surface area contributed by atoms with Crippen LogP contribution in [0.1, 0.15) is 28.3 Å². The molecule has 20 heavy (non-hydrogen) atoms. The second-order valence-corrected chi connectivity index (χ2v) is 4.56. The third-order valence-electron chi connectivity index (χ3n) is 2.83. The van der Waals surface area contributed by atoms with Crippen molar-refractivity contribution in [2.45, 2.75) is 19.9 Å². The lowest BCUT2D eigenvalue weighted by Gasteiger charge is -2.05. The summed E-state index contributed by atoms with van der Waals surface area (Å²) in [6.07, 6.45) is 4.47. The first kappa shape index (κ1) is 14.3. The summed E-state index contributed by atoms with van der Waals surface area (Å²) in [5.41, 5.74) is 1.16. The summed E-state index contributed by atoms with van der Waals surface area (Å²) in [6, 6.07) is 7.42. The van der Waals surface area contributed by atoms with E-state index in [1.165, 1.54) is 0 Å². The topological polar surface area (TPSA) is 67.2 Å². The predicted octanol–water partition coefficient (Wildman–Crippen LogP) is 1.89. The molecule has 0 bridgehead atoms. The van der Waals surface area contributed by atoms with Gasteiger partial charge in [-0.3, -0.25) is 9.78 Å². The largest absolute Gasteiger partial charge is 0.456 e. The lowest BCUT2D eigenvalue weighted by molar-refractivity contribution is 0.0924. The van der Waals surface area contributed by atoms with Crippen molar-refractivity contribution in [2.75, 3.05) is 13.1 Å². The van der Waals surface area contributed by atoms with Gasteiger partial charge in [0.25, 0.3) is 5.91 Å². The van der Waals surface area contributed by atoms with Crippen LogP contribution in [0.5, 0.6) is 0 Å². The van der Waals surface area contributed by atoms with Crippen LogP contribution in [0.4, 0.5) is 0 Å². The normalized spacial score (nSPS) is 10.4. The van der Waals surface area contributed by atoms with Crippen LogP contribution in [0.3, 0.4) is 0 Å². The van der Waals surface area contributed by atoms with E-state index in [0.717, 1.165) is 30.8 Å². The number of furan rings is 1. The molecule has 2 N–H and O–H groups in total. The van der Waals surface area contributed by atoms with Crippen molar-refractivity contribution >= 4 is 5.91 Å². The van der Waals surface area contributed by atoms with E-state index in [2.05, 4.69) is 15.6 Å². The van der Waals surface area contributed by atoms with E-state index in [1.54, 1.807) is 18.3 Å². The Hall–Kier alpha value is -2.14. The zero-order valence-electron chi connectivity index (χ0n) is 11.6. The summed E-state index contributed by atoms with van der Waals surface area (Å²) in [7, 11) is 0. The van der Waals surface area contributed by atoms with Gasteiger partial charge in [-0.25, -0.2) is 0 Å². The molecule has 0 saturated carbocycles. The maximum atomic E-state index is 11.7. The molecule has 0 spiro atoms. The first-order valence-corrected chi connectivity index (χ1v) is 6.70. The van der Waals surface area contributed by atoms with Crippen LogP contribution < -0.4 is 10.6 Å². The van der Waals surface area contributed by atoms with Crippen LogP contribution in [0, 0.1) is 6.92 Å². The minimum absolute atomic E-state index is 0.162. The molecule has 0 fully saturated rings. The molecule has 0 aromatic carbocycles. The molecule has 0 atom stereocenters. The molecule has 5 heteroatoms. The fourth-order valence-corrected chi connectivity index (χ4v) is 1.79. The molecular weight excluding hydrogens is 254 g/mol. The molecule has 2 rings (SSSR count). The van der Waals surface area contributed by atoms with E-state index in [-0.39, 0.29) is 5.91 Å². The average molecular weight is 273 g/mol. The maximum Gasteiger partial charge on any atom is 0.286 e. The Morgan fingerprint density at radius 3 is 2.90 bits per heavy atom. The quantitative estimate of drug-likeness (QED) is 0.756. The van der Waals surface area contributed by atoms with Gasteiger partial charge >= 0.3 is 0 Å². The summed E-state index contributed by atoms with van der Waals surface area (Å²) >= 11 is 0. The third kappa shape index (κ3) is 4.51. The van der Waals surface area contributed by atoms with Crippen molar-refractivity contribution in [3.05, 3.63) is 53.7 Å². The smallest absolute Gasteiger partial charge is 0.286 e. The van der Waals surface area contributed by atoms with Crippen molar-refractivity contribution in [2.24, 2.45) is 0 Å². The molecule has 106 valence electrons. The van der Waals surface area contributed by atoms with Crippen molar-refractivity contribution in [3.8, 4) is 0 Å². The van der Waals surface area contributed by atoms with Crippen molar-refractivity contribution in [3.63, 3.8) is 0 Å². The number of aromatic nitrogens is 1. The standard InChI is InChI=1S/C15H19N3O2/c1-12-5-6-14(20-12)15(19)18-9-3-8-17-11-13-4-2-7-16-10-13/h2,4-7,10,17H,3,8-9,11H2,1H3,(H,18,19). The summed E-state index contributed by atoms with van der Waals surface area (Å²) in [4.78, 5) is 15.7. The molecule has 0 aliphatic carbocycles. The Morgan fingerprint density at radius 2 is 2.20 bits per heavy atom. The van der Waals surface area contributed by atoms with Crippen molar-refractivity contribution in [1.82, 2.24) is 15.6 Å². The number of hydrogen-bond acceptors (Lipinski definition) is 4. The van der Waals surface area contributed by atoms with E-state index < -0.39 is 0 Å². The maximum absolute atomic E-state index is 11.7. The first-order chi connectivity index (χ1) is 9.75. The van der Waals surface area contributed by atoms with E-state index in [1.807, 2.05) is 25.3 Å². The Balaban J connectivity index is 1.57. The molecule has 0 unspecified atom stereocenters. The molecule has 2 heterocycles. The van der Waals surface area contributed by atoms with Gasteiger partial charge in [-0.1, -0.05) is 6.07 Å². The molecule has 2 aromatic rings. The van der Waals surface area contributed by atoms with Crippen molar-refractivity contribution < 1.29 is 9.21 Å². The Bertz CT molecular complexity index is 537. The number of nitrogens with zero attached hydrogens (tertiary/aromatic N) is 1. The minimum Gasteiger partial charge on any atom is -0.456 e. The summed E-state index contributed by atoms with van der Waals surface area (Å²) in [5.74, 6) is 0.949. The molecular formula is C15H19N3O2. The summed E-state index contributed by atoms with van der Waals surface area (Å²) in [5, 5.41) is 6.13. The highest BCUT2D eigenvalue weighted by Gasteiger charge is 2.08. The molecule has 0 radical (unpaired) electrons. The highest BCUT2D eigenvalue weighted by atomic mass is 16.3. The van der Waals surface area contributed by atoms with Gasteiger partial charge in [-0.15, -0.1) is 0 Å². The fraction of sp³-hybridized carbons (Fsp3) is 0.333. The Labute approximate surface area is 118 Å². The zero-order valence-corrected chi connectivity index (χ0v) is 11.6. The highest BCUT2D eigenvalue weighted by Crippen LogP contribution is 2.05. The zero-order chi connectivity index (χ0) is 14.2. The highest BCUT2D eigenvalue weighted by molar-refractivity contribution is 5.91. The van der Waals surface area contributed by atoms with Crippen molar-refractivity contribution in [1.29, 1.82) is 0 Å². The third-order valence-corrected chi connectivity index (χ3v) is 2.83. The Morgan fingerprint density at radius 1 is 1.30 bits per heavy atom. The van der Waals surface area contributed by atoms with E-state index >= 15 is 0 Å². The Kier molecular flexibility index (Phi) is 5.32. The minimum atomic E-state index is -0.162. The van der Waals surface area contributed by atoms with Gasteiger partial charge in [0.05, 0.1) is 0 Å². The predicted molar refractivity (Wildman–Crippen MR) is 76.3 cm³/mol. The molecule has 2 aromatic heterocycles. The number of hydrogen-bond donors (Lipinski definition) is 2. The molecule has 5 nitrogen and oxygen atoms in total. The fourth-order valence-electron chi connectivity index (χ4n) is 1.79. The van der Waals surface area contributed by atoms with E-state index in [0.29, 0.717) is 12.3 Å². The number of nitrogens with one attached hydrogen (secondary N) is 2. The van der Waals surface area contributed by atoms with Gasteiger partial charge in [0.1, 0.15) is 5.76 Å². The average Bonchev–Trinajstić information content (AvgIpc) is 2.90. The summed E-state index contributed by atoms with van der Waals surface area (Å²) in [6.45, 7) is 4.07. The van der Waals surface area contributed by atoms with Crippen LogP contribution in [0.25, 0.3) is 0 Å². The van der Waals surface area contributed by atoms with Crippen LogP contribution in [-0.2, 0) is 6.54 Å². The van der Waals surface area contributed by atoms with Gasteiger partial charge in [-0.05, 0) is 43.7 Å². The second kappa shape index (κ2) is 7.45. The number of carbonyl (C=O) groups is 1. The first-order valence-electron chi connectivity index (χ1n) is 6.70. The second-order valence-electron chi connectivity index (χ2n) is 4.56. The van der Waals surface area contributed by atoms with Crippen LogP contribution in [0.15, 0.2) is 41.1 Å². The number of amides is 1. The van der Waals surface area contributed by atoms with Crippen LogP contribution in [-0.4, -0.2) is 24.0 Å². The van der Waals surface area contributed by atoms with Crippen LogP contribution in [0.2, 0.25) is 0 Å². The molecule has 0 saturated heterocycles. The molecule has 0 aliphatic rings. The number of carbonyl (C=O) groups excluding carboxylic acids is 1. The number of pyridine rings is 1. The lowest BCUT2D eigenvalue weighted by Crippen LogP contribution is -2.27. The SMILES string of the molecule is Cc1ccc(C(=O)NCCCNCc2cccnc2)o1. The monoisotopic (exact) mass is 273 g/mol. The van der Waals surface area contributed by atoms with E-state index in [4.69, 9.17) is 4.42 Å². The van der Waals surface area contributed by atoms with Gasteiger partial charge in [-0.2, -0.15) is 0 Å². The number of aryl methyl sites for hydroxylation is 1. The van der Waals surface area contributed by atoms with Gasteiger partial charge < -0.3 is 15.1 Å². The molecule has 1 amide bonds. The van der Waals surface area contributed by atoms with Crippen LogP contribution >= 0.6 is 0 Å². The van der Waals surface area contributed by atoms with Gasteiger partial charge in [0.2, 0.25) is 0 Å². The number of rotatable bonds is 7. The van der Waals surface area contributed by atoms with E-state index in [9.17, 15) is 4.79 Å². The molecule has 0 aliphatic heterocycles. The summed E-state index contributed by atoms with van der Waals surface area (Å²) < 4.78 is 5.25. The lowest BCUT2D eigenvalue weighted by atomic mass is 10.3. The van der Waals surface area contributed by atoms with Gasteiger partial charge in [0, 0.05) is 25.5 Å².